The van der Waals surface area contributed by atoms with Crippen LogP contribution >= 0.6 is 43.5 Å². The molecule has 3 rings (SSSR count). The van der Waals surface area contributed by atoms with Crippen molar-refractivity contribution in [1.82, 2.24) is 0 Å². The molecule has 0 aliphatic heterocycles. The summed E-state index contributed by atoms with van der Waals surface area (Å²) >= 11 is 13.0. The predicted molar refractivity (Wildman–Crippen MR) is 86.4 cm³/mol. The Morgan fingerprint density at radius 2 is 1.95 bits per heavy atom. The van der Waals surface area contributed by atoms with Crippen LogP contribution < -0.4 is 4.74 Å². The highest BCUT2D eigenvalue weighted by molar-refractivity contribution is 9.10. The molecule has 2 aliphatic rings. The van der Waals surface area contributed by atoms with Gasteiger partial charge in [-0.3, -0.25) is 0 Å². The summed E-state index contributed by atoms with van der Waals surface area (Å²) in [6.45, 7) is 0. The Kier molecular flexibility index (Phi) is 4.36. The molecule has 0 aromatic heterocycles. The Bertz CT molecular complexity index is 517. The van der Waals surface area contributed by atoms with Crippen LogP contribution in [0.5, 0.6) is 5.75 Å². The van der Waals surface area contributed by atoms with Gasteiger partial charge >= 0.3 is 0 Å². The molecule has 1 nitrogen and oxygen atoms in total. The molecule has 0 saturated heterocycles. The second-order valence-corrected chi connectivity index (χ2v) is 8.17. The number of benzene rings is 1. The van der Waals surface area contributed by atoms with E-state index in [-0.39, 0.29) is 16.5 Å². The molecule has 5 heteroatoms. The molecule has 20 heavy (non-hydrogen) atoms. The average molecular weight is 427 g/mol. The number of halogens is 4. The fourth-order valence-electron chi connectivity index (χ4n) is 3.46. The highest BCUT2D eigenvalue weighted by atomic mass is 79.9. The zero-order valence-electron chi connectivity index (χ0n) is 11.0. The van der Waals surface area contributed by atoms with Crippen LogP contribution in [0.2, 0.25) is 5.02 Å². The monoisotopic (exact) mass is 424 g/mol. The van der Waals surface area contributed by atoms with Gasteiger partial charge in [-0.2, -0.15) is 0 Å². The van der Waals surface area contributed by atoms with Crippen molar-refractivity contribution in [3.8, 4) is 5.75 Å². The number of ether oxygens (including phenoxy) is 1. The maximum absolute atomic E-state index is 13.6. The molecule has 2 aliphatic carbocycles. The van der Waals surface area contributed by atoms with Gasteiger partial charge in [0.1, 0.15) is 17.7 Å². The zero-order chi connectivity index (χ0) is 14.3. The van der Waals surface area contributed by atoms with E-state index in [1.165, 1.54) is 38.2 Å². The fourth-order valence-corrected chi connectivity index (χ4v) is 5.28. The summed E-state index contributed by atoms with van der Waals surface area (Å²) in [7, 11) is 0. The molecule has 1 aromatic carbocycles. The van der Waals surface area contributed by atoms with Crippen LogP contribution in [0.15, 0.2) is 16.6 Å². The van der Waals surface area contributed by atoms with E-state index in [0.29, 0.717) is 15.0 Å². The lowest BCUT2D eigenvalue weighted by Gasteiger charge is -2.55. The van der Waals surface area contributed by atoms with Gasteiger partial charge in [0.15, 0.2) is 0 Å². The molecule has 2 atom stereocenters. The third-order valence-corrected chi connectivity index (χ3v) is 6.91. The van der Waals surface area contributed by atoms with Gasteiger partial charge in [-0.05, 0) is 41.3 Å². The van der Waals surface area contributed by atoms with Crippen LogP contribution in [0.1, 0.15) is 38.5 Å². The van der Waals surface area contributed by atoms with Crippen molar-refractivity contribution in [2.45, 2.75) is 49.5 Å². The van der Waals surface area contributed by atoms with Crippen LogP contribution in [0.25, 0.3) is 0 Å². The Morgan fingerprint density at radius 3 is 2.60 bits per heavy atom. The molecule has 2 fully saturated rings. The summed E-state index contributed by atoms with van der Waals surface area (Å²) in [5, 5.41) is 0.114. The van der Waals surface area contributed by atoms with E-state index in [1.807, 2.05) is 0 Å². The molecule has 0 bridgehead atoms. The summed E-state index contributed by atoms with van der Waals surface area (Å²) in [5.74, 6) is 0.124. The molecular formula is C15H16Br2ClFO. The molecule has 0 N–H and O–H groups in total. The minimum atomic E-state index is -0.433. The fraction of sp³-hybridized carbons (Fsp3) is 0.600. The van der Waals surface area contributed by atoms with Gasteiger partial charge in [0.2, 0.25) is 0 Å². The van der Waals surface area contributed by atoms with Crippen molar-refractivity contribution in [3.63, 3.8) is 0 Å². The Hall–Kier alpha value is 0.200. The zero-order valence-corrected chi connectivity index (χ0v) is 14.9. The van der Waals surface area contributed by atoms with Gasteiger partial charge in [0, 0.05) is 16.3 Å². The second kappa shape index (κ2) is 5.77. The maximum Gasteiger partial charge on any atom is 0.145 e. The van der Waals surface area contributed by atoms with E-state index in [9.17, 15) is 4.39 Å². The van der Waals surface area contributed by atoms with Gasteiger partial charge in [-0.15, -0.1) is 0 Å². The first-order chi connectivity index (χ1) is 9.53. The van der Waals surface area contributed by atoms with Gasteiger partial charge in [0.25, 0.3) is 0 Å². The molecule has 2 unspecified atom stereocenters. The largest absolute Gasteiger partial charge is 0.488 e. The van der Waals surface area contributed by atoms with E-state index in [0.717, 1.165) is 6.42 Å². The molecule has 1 aromatic rings. The van der Waals surface area contributed by atoms with Crippen LogP contribution in [0, 0.1) is 11.2 Å². The van der Waals surface area contributed by atoms with Crippen molar-refractivity contribution in [2.75, 3.05) is 0 Å². The van der Waals surface area contributed by atoms with Crippen molar-refractivity contribution >= 4 is 43.5 Å². The minimum absolute atomic E-state index is 0.114. The van der Waals surface area contributed by atoms with E-state index in [4.69, 9.17) is 16.3 Å². The van der Waals surface area contributed by atoms with E-state index in [2.05, 4.69) is 31.9 Å². The quantitative estimate of drug-likeness (QED) is 0.410. The van der Waals surface area contributed by atoms with Gasteiger partial charge in [-0.1, -0.05) is 46.8 Å². The van der Waals surface area contributed by atoms with E-state index >= 15 is 0 Å². The molecule has 110 valence electrons. The highest BCUT2D eigenvalue weighted by Crippen LogP contribution is 2.56. The summed E-state index contributed by atoms with van der Waals surface area (Å²) in [4.78, 5) is 0.524. The van der Waals surface area contributed by atoms with Gasteiger partial charge in [0.05, 0.1) is 9.50 Å². The first kappa shape index (κ1) is 15.1. The summed E-state index contributed by atoms with van der Waals surface area (Å²) in [6.07, 6.45) is 7.38. The van der Waals surface area contributed by atoms with Gasteiger partial charge in [-0.25, -0.2) is 4.39 Å². The van der Waals surface area contributed by atoms with Crippen LogP contribution in [-0.2, 0) is 0 Å². The molecular weight excluding hydrogens is 410 g/mol. The van der Waals surface area contributed by atoms with E-state index < -0.39 is 5.82 Å². The number of hydrogen-bond acceptors (Lipinski definition) is 1. The molecule has 0 heterocycles. The predicted octanol–water partition coefficient (Wildman–Crippen LogP) is 6.11. The third-order valence-electron chi connectivity index (χ3n) is 4.71. The van der Waals surface area contributed by atoms with Crippen LogP contribution in [0.3, 0.4) is 0 Å². The molecule has 2 saturated carbocycles. The Labute approximate surface area is 140 Å². The number of hydrogen-bond donors (Lipinski definition) is 0. The smallest absolute Gasteiger partial charge is 0.145 e. The van der Waals surface area contributed by atoms with Crippen LogP contribution in [0.4, 0.5) is 4.39 Å². The van der Waals surface area contributed by atoms with Crippen molar-refractivity contribution in [1.29, 1.82) is 0 Å². The number of rotatable bonds is 2. The normalized spacial score (nSPS) is 28.2. The maximum atomic E-state index is 13.6. The average Bonchev–Trinajstić information content (AvgIpc) is 2.45. The van der Waals surface area contributed by atoms with E-state index in [1.54, 1.807) is 6.07 Å². The van der Waals surface area contributed by atoms with Crippen molar-refractivity contribution in [3.05, 3.63) is 27.4 Å². The first-order valence-corrected chi connectivity index (χ1v) is 9.07. The lowest BCUT2D eigenvalue weighted by atomic mass is 9.58. The van der Waals surface area contributed by atoms with Gasteiger partial charge < -0.3 is 4.74 Å². The number of alkyl halides is 1. The Morgan fingerprint density at radius 1 is 1.25 bits per heavy atom. The summed E-state index contributed by atoms with van der Waals surface area (Å²) in [5.41, 5.74) is 0.230. The lowest BCUT2D eigenvalue weighted by molar-refractivity contribution is -0.0606. The van der Waals surface area contributed by atoms with Crippen LogP contribution in [-0.4, -0.2) is 10.9 Å². The Balaban J connectivity index is 1.80. The SMILES string of the molecule is Fc1cc(OC2CC(Br)C23CCCCC3)c(Br)cc1Cl. The minimum Gasteiger partial charge on any atom is -0.488 e. The molecule has 0 amide bonds. The lowest BCUT2D eigenvalue weighted by Crippen LogP contribution is -2.57. The van der Waals surface area contributed by atoms with Crippen molar-refractivity contribution in [2.24, 2.45) is 5.41 Å². The first-order valence-electron chi connectivity index (χ1n) is 6.98. The second-order valence-electron chi connectivity index (χ2n) is 5.80. The molecule has 1 spiro atoms. The summed E-state index contributed by atoms with van der Waals surface area (Å²) in [6, 6.07) is 2.94. The standard InChI is InChI=1S/C15H16Br2ClFO/c16-9-6-10(18)11(19)7-12(9)20-14-8-13(17)15(14)4-2-1-3-5-15/h6-7,13-14H,1-5,8H2. The topological polar surface area (TPSA) is 9.23 Å². The highest BCUT2D eigenvalue weighted by Gasteiger charge is 2.55. The van der Waals surface area contributed by atoms with Crippen molar-refractivity contribution < 1.29 is 9.13 Å². The molecule has 0 radical (unpaired) electrons. The summed E-state index contributed by atoms with van der Waals surface area (Å²) < 4.78 is 20.4. The third kappa shape index (κ3) is 2.52.